The van der Waals surface area contributed by atoms with Gasteiger partial charge in [-0.2, -0.15) is 0 Å². The molecule has 0 spiro atoms. The van der Waals surface area contributed by atoms with Crippen LogP contribution in [0.5, 0.6) is 0 Å². The van der Waals surface area contributed by atoms with Gasteiger partial charge in [-0.25, -0.2) is 0 Å². The summed E-state index contributed by atoms with van der Waals surface area (Å²) in [6, 6.07) is 8.62. The molecule has 0 aromatic heterocycles. The van der Waals surface area contributed by atoms with Crippen molar-refractivity contribution < 1.29 is 9.90 Å². The Labute approximate surface area is 114 Å². The first kappa shape index (κ1) is 13.9. The zero-order chi connectivity index (χ0) is 14.0. The number of hydrogen-bond acceptors (Lipinski definition) is 3. The predicted molar refractivity (Wildman–Crippen MR) is 76.6 cm³/mol. The molecule has 1 aromatic carbocycles. The van der Waals surface area contributed by atoms with Crippen LogP contribution in [0.2, 0.25) is 0 Å². The molecule has 4 nitrogen and oxygen atoms in total. The number of carboxylic acids is 1. The Bertz CT molecular complexity index is 461. The van der Waals surface area contributed by atoms with Crippen LogP contribution < -0.4 is 4.90 Å². The highest BCUT2D eigenvalue weighted by Crippen LogP contribution is 2.21. The van der Waals surface area contributed by atoms with Gasteiger partial charge in [-0.15, -0.1) is 0 Å². The van der Waals surface area contributed by atoms with Crippen LogP contribution in [0.4, 0.5) is 5.69 Å². The van der Waals surface area contributed by atoms with Gasteiger partial charge in [-0.05, 0) is 38.6 Å². The zero-order valence-corrected chi connectivity index (χ0v) is 11.8. The minimum Gasteiger partial charge on any atom is -0.481 e. The normalized spacial score (nSPS) is 25.1. The van der Waals surface area contributed by atoms with Crippen molar-refractivity contribution in [1.82, 2.24) is 4.90 Å². The smallest absolute Gasteiger partial charge is 0.309 e. The molecular formula is C15H22N2O2. The zero-order valence-electron chi connectivity index (χ0n) is 11.8. The third-order valence-electron chi connectivity index (χ3n) is 3.90. The van der Waals surface area contributed by atoms with E-state index in [1.54, 1.807) is 0 Å². The maximum Gasteiger partial charge on any atom is 0.309 e. The molecule has 1 aliphatic heterocycles. The summed E-state index contributed by atoms with van der Waals surface area (Å²) in [5.74, 6) is -1.05. The molecule has 2 rings (SSSR count). The summed E-state index contributed by atoms with van der Waals surface area (Å²) in [7, 11) is 2.00. The van der Waals surface area contributed by atoms with Crippen molar-refractivity contribution in [2.75, 3.05) is 31.6 Å². The molecule has 1 heterocycles. The first-order valence-corrected chi connectivity index (χ1v) is 6.72. The van der Waals surface area contributed by atoms with Crippen molar-refractivity contribution in [3.63, 3.8) is 0 Å². The van der Waals surface area contributed by atoms with E-state index in [2.05, 4.69) is 41.8 Å². The van der Waals surface area contributed by atoms with Gasteiger partial charge in [0.15, 0.2) is 0 Å². The van der Waals surface area contributed by atoms with Crippen LogP contribution >= 0.6 is 0 Å². The SMILES string of the molecule is Cc1cccc(N2CC(C(=O)O)CN(C)C(C)C2)c1. The number of aliphatic carboxylic acids is 1. The van der Waals surface area contributed by atoms with E-state index in [1.165, 1.54) is 5.56 Å². The number of carbonyl (C=O) groups is 1. The molecule has 2 atom stereocenters. The summed E-state index contributed by atoms with van der Waals surface area (Å²) < 4.78 is 0. The lowest BCUT2D eigenvalue weighted by Crippen LogP contribution is -2.36. The van der Waals surface area contributed by atoms with Gasteiger partial charge in [0.1, 0.15) is 0 Å². The van der Waals surface area contributed by atoms with Gasteiger partial charge in [0, 0.05) is 31.4 Å². The number of benzene rings is 1. The highest BCUT2D eigenvalue weighted by atomic mass is 16.4. The lowest BCUT2D eigenvalue weighted by atomic mass is 10.1. The van der Waals surface area contributed by atoms with Crippen molar-refractivity contribution in [2.45, 2.75) is 19.9 Å². The quantitative estimate of drug-likeness (QED) is 0.883. The van der Waals surface area contributed by atoms with E-state index < -0.39 is 5.97 Å². The van der Waals surface area contributed by atoms with Gasteiger partial charge in [-0.3, -0.25) is 4.79 Å². The number of nitrogens with zero attached hydrogens (tertiary/aromatic N) is 2. The molecule has 1 aliphatic rings. The van der Waals surface area contributed by atoms with Crippen molar-refractivity contribution in [3.05, 3.63) is 29.8 Å². The van der Waals surface area contributed by atoms with Gasteiger partial charge in [-0.1, -0.05) is 12.1 Å². The average Bonchev–Trinajstić information content (AvgIpc) is 2.50. The first-order valence-electron chi connectivity index (χ1n) is 6.72. The Morgan fingerprint density at radius 1 is 1.32 bits per heavy atom. The Morgan fingerprint density at radius 2 is 2.05 bits per heavy atom. The van der Waals surface area contributed by atoms with E-state index in [0.717, 1.165) is 12.2 Å². The van der Waals surface area contributed by atoms with Crippen LogP contribution in [0.3, 0.4) is 0 Å². The third kappa shape index (κ3) is 3.26. The van der Waals surface area contributed by atoms with Gasteiger partial charge >= 0.3 is 5.97 Å². The minimum absolute atomic E-state index is 0.338. The second kappa shape index (κ2) is 5.61. The standard InChI is InChI=1S/C15H22N2O2/c1-11-5-4-6-14(7-11)17-8-12(2)16(3)9-13(10-17)15(18)19/h4-7,12-13H,8-10H2,1-3H3,(H,18,19). The second-order valence-electron chi connectivity index (χ2n) is 5.57. The van der Waals surface area contributed by atoms with E-state index in [0.29, 0.717) is 19.1 Å². The Balaban J connectivity index is 2.25. The van der Waals surface area contributed by atoms with E-state index >= 15 is 0 Å². The second-order valence-corrected chi connectivity index (χ2v) is 5.57. The predicted octanol–water partition coefficient (Wildman–Crippen LogP) is 1.84. The van der Waals surface area contributed by atoms with E-state index in [1.807, 2.05) is 13.1 Å². The summed E-state index contributed by atoms with van der Waals surface area (Å²) in [4.78, 5) is 15.7. The molecule has 0 radical (unpaired) electrons. The van der Waals surface area contributed by atoms with Crippen LogP contribution in [0, 0.1) is 12.8 Å². The summed E-state index contributed by atoms with van der Waals surface area (Å²) in [6.07, 6.45) is 0. The average molecular weight is 262 g/mol. The fourth-order valence-electron chi connectivity index (χ4n) is 2.58. The third-order valence-corrected chi connectivity index (χ3v) is 3.90. The summed E-state index contributed by atoms with van der Waals surface area (Å²) in [5.41, 5.74) is 2.32. The van der Waals surface area contributed by atoms with Crippen LogP contribution in [-0.4, -0.2) is 48.7 Å². The van der Waals surface area contributed by atoms with E-state index in [-0.39, 0.29) is 5.92 Å². The number of anilines is 1. The lowest BCUT2D eigenvalue weighted by Gasteiger charge is -2.27. The van der Waals surface area contributed by atoms with E-state index in [4.69, 9.17) is 0 Å². The highest BCUT2D eigenvalue weighted by Gasteiger charge is 2.29. The summed E-state index contributed by atoms with van der Waals surface area (Å²) in [5, 5.41) is 9.33. The van der Waals surface area contributed by atoms with Crippen LogP contribution in [0.25, 0.3) is 0 Å². The molecule has 104 valence electrons. The van der Waals surface area contributed by atoms with Crippen LogP contribution in [0.15, 0.2) is 24.3 Å². The summed E-state index contributed by atoms with van der Waals surface area (Å²) in [6.45, 7) is 6.26. The number of rotatable bonds is 2. The highest BCUT2D eigenvalue weighted by molar-refractivity contribution is 5.71. The lowest BCUT2D eigenvalue weighted by molar-refractivity contribution is -0.141. The number of carboxylic acid groups (broad SMARTS) is 1. The fraction of sp³-hybridized carbons (Fsp3) is 0.533. The van der Waals surface area contributed by atoms with Crippen molar-refractivity contribution in [1.29, 1.82) is 0 Å². The topological polar surface area (TPSA) is 43.8 Å². The molecule has 0 aliphatic carbocycles. The van der Waals surface area contributed by atoms with Crippen molar-refractivity contribution in [2.24, 2.45) is 5.92 Å². The van der Waals surface area contributed by atoms with Gasteiger partial charge in [0.25, 0.3) is 0 Å². The van der Waals surface area contributed by atoms with Crippen LogP contribution in [0.1, 0.15) is 12.5 Å². The number of aryl methyl sites for hydroxylation is 1. The maximum atomic E-state index is 11.3. The largest absolute Gasteiger partial charge is 0.481 e. The van der Waals surface area contributed by atoms with E-state index in [9.17, 15) is 9.90 Å². The first-order chi connectivity index (χ1) is 8.97. The van der Waals surface area contributed by atoms with Gasteiger partial charge in [0.05, 0.1) is 5.92 Å². The number of likely N-dealkylation sites (N-methyl/N-ethyl adjacent to an activating group) is 1. The minimum atomic E-state index is -0.710. The monoisotopic (exact) mass is 262 g/mol. The molecule has 4 heteroatoms. The van der Waals surface area contributed by atoms with Gasteiger partial charge in [0.2, 0.25) is 0 Å². The van der Waals surface area contributed by atoms with Crippen molar-refractivity contribution in [3.8, 4) is 0 Å². The molecule has 2 unspecified atom stereocenters. The maximum absolute atomic E-state index is 11.3. The molecule has 0 saturated carbocycles. The fourth-order valence-corrected chi connectivity index (χ4v) is 2.58. The van der Waals surface area contributed by atoms with Crippen molar-refractivity contribution >= 4 is 11.7 Å². The van der Waals surface area contributed by atoms with Crippen LogP contribution in [-0.2, 0) is 4.79 Å². The Hall–Kier alpha value is -1.55. The number of hydrogen-bond donors (Lipinski definition) is 1. The molecule has 1 aromatic rings. The Morgan fingerprint density at radius 3 is 2.68 bits per heavy atom. The molecular weight excluding hydrogens is 240 g/mol. The molecule has 1 saturated heterocycles. The summed E-state index contributed by atoms with van der Waals surface area (Å²) >= 11 is 0. The van der Waals surface area contributed by atoms with Gasteiger partial charge < -0.3 is 14.9 Å². The molecule has 0 amide bonds. The molecule has 1 N–H and O–H groups in total. The molecule has 1 fully saturated rings. The Kier molecular flexibility index (Phi) is 4.10. The molecule has 19 heavy (non-hydrogen) atoms. The molecule has 0 bridgehead atoms.